The fourth-order valence-electron chi connectivity index (χ4n) is 3.09. The molecule has 3 rings (SSSR count). The smallest absolute Gasteiger partial charge is 0.251 e. The van der Waals surface area contributed by atoms with Crippen molar-refractivity contribution in [1.29, 1.82) is 0 Å². The zero-order chi connectivity index (χ0) is 24.1. The molecule has 1 heterocycles. The van der Waals surface area contributed by atoms with Crippen LogP contribution in [0.1, 0.15) is 41.6 Å². The number of hydrogen-bond acceptors (Lipinski definition) is 5. The molecule has 11 heteroatoms. The minimum absolute atomic E-state index is 0.127. The molecule has 2 N–H and O–H groups in total. The average Bonchev–Trinajstić information content (AvgIpc) is 3.19. The van der Waals surface area contributed by atoms with Gasteiger partial charge in [0.1, 0.15) is 0 Å². The number of halogens is 3. The average molecular weight is 618 g/mol. The molecule has 0 saturated heterocycles. The molecular weight excluding hydrogens is 596 g/mol. The van der Waals surface area contributed by atoms with E-state index in [0.29, 0.717) is 33.1 Å². The zero-order valence-corrected chi connectivity index (χ0v) is 22.6. The van der Waals surface area contributed by atoms with E-state index in [1.807, 2.05) is 43.5 Å². The van der Waals surface area contributed by atoms with Crippen molar-refractivity contribution in [3.05, 3.63) is 67.0 Å². The zero-order valence-electron chi connectivity index (χ0n) is 18.2. The molecule has 0 unspecified atom stereocenters. The van der Waals surface area contributed by atoms with Crippen molar-refractivity contribution in [2.75, 3.05) is 11.1 Å². The van der Waals surface area contributed by atoms with Gasteiger partial charge in [-0.25, -0.2) is 0 Å². The van der Waals surface area contributed by atoms with E-state index in [-0.39, 0.29) is 17.6 Å². The maximum atomic E-state index is 12.6. The molecule has 0 radical (unpaired) electrons. The molecular formula is C22H22Cl2IN5O2S. The molecule has 33 heavy (non-hydrogen) atoms. The molecule has 0 fully saturated rings. The van der Waals surface area contributed by atoms with Crippen LogP contribution in [0.4, 0.5) is 5.69 Å². The number of nitrogens with zero attached hydrogens (tertiary/aromatic N) is 3. The number of anilines is 1. The Bertz CT molecular complexity index is 1190. The van der Waals surface area contributed by atoms with Crippen LogP contribution in [0.3, 0.4) is 0 Å². The van der Waals surface area contributed by atoms with E-state index in [9.17, 15) is 9.59 Å². The molecule has 2 aromatic carbocycles. The largest absolute Gasteiger partial charge is 0.342 e. The van der Waals surface area contributed by atoms with Crippen LogP contribution in [0.2, 0.25) is 10.0 Å². The van der Waals surface area contributed by atoms with Gasteiger partial charge in [-0.15, -0.1) is 10.2 Å². The van der Waals surface area contributed by atoms with Gasteiger partial charge in [0.15, 0.2) is 11.0 Å². The summed E-state index contributed by atoms with van der Waals surface area (Å²) in [6.45, 7) is 6.33. The lowest BCUT2D eigenvalue weighted by Crippen LogP contribution is -2.28. The molecule has 0 aliphatic rings. The predicted molar refractivity (Wildman–Crippen MR) is 141 cm³/mol. The highest BCUT2D eigenvalue weighted by molar-refractivity contribution is 14.1. The van der Waals surface area contributed by atoms with Gasteiger partial charge < -0.3 is 15.2 Å². The highest BCUT2D eigenvalue weighted by Crippen LogP contribution is 2.24. The van der Waals surface area contributed by atoms with Gasteiger partial charge >= 0.3 is 0 Å². The number of carbonyl (C=O) groups is 2. The Kier molecular flexibility index (Phi) is 9.02. The van der Waals surface area contributed by atoms with E-state index in [0.717, 1.165) is 14.8 Å². The summed E-state index contributed by atoms with van der Waals surface area (Å²) >= 11 is 15.5. The number of thioether (sulfide) groups is 1. The SMILES string of the molecule is CCn1c(SCC(=O)Nc2ccc(I)cc2C)nnc1[C@H](C)NC(=O)c1ccc(Cl)c(Cl)c1. The Morgan fingerprint density at radius 3 is 2.58 bits per heavy atom. The van der Waals surface area contributed by atoms with Gasteiger partial charge in [-0.05, 0) is 85.3 Å². The summed E-state index contributed by atoms with van der Waals surface area (Å²) in [5.41, 5.74) is 2.19. The number of hydrogen-bond donors (Lipinski definition) is 2. The number of nitrogens with one attached hydrogen (secondary N) is 2. The molecule has 174 valence electrons. The standard InChI is InChI=1S/C22H22Cl2IN5O2S/c1-4-30-20(13(3)26-21(32)14-5-7-16(23)17(24)10-14)28-29-22(30)33-11-19(31)27-18-8-6-15(25)9-12(18)2/h5-10,13H,4,11H2,1-3H3,(H,26,32)(H,27,31)/t13-/m0/s1. The van der Waals surface area contributed by atoms with Crippen LogP contribution in [-0.2, 0) is 11.3 Å². The summed E-state index contributed by atoms with van der Waals surface area (Å²) in [6.07, 6.45) is 0. The third-order valence-electron chi connectivity index (χ3n) is 4.77. The second-order valence-corrected chi connectivity index (χ2v) is 10.2. The van der Waals surface area contributed by atoms with Gasteiger partial charge in [0, 0.05) is 21.4 Å². The monoisotopic (exact) mass is 617 g/mol. The van der Waals surface area contributed by atoms with Gasteiger partial charge in [0.2, 0.25) is 5.91 Å². The Labute approximate surface area is 220 Å². The summed E-state index contributed by atoms with van der Waals surface area (Å²) in [4.78, 5) is 25.1. The molecule has 0 aliphatic heterocycles. The van der Waals surface area contributed by atoms with Crippen molar-refractivity contribution in [2.24, 2.45) is 0 Å². The van der Waals surface area contributed by atoms with Crippen molar-refractivity contribution in [3.63, 3.8) is 0 Å². The first kappa shape index (κ1) is 25.8. The molecule has 1 atom stereocenters. The summed E-state index contributed by atoms with van der Waals surface area (Å²) in [5, 5.41) is 15.6. The van der Waals surface area contributed by atoms with Gasteiger partial charge in [-0.3, -0.25) is 9.59 Å². The third-order valence-corrected chi connectivity index (χ3v) is 7.15. The molecule has 0 spiro atoms. The second-order valence-electron chi connectivity index (χ2n) is 7.21. The summed E-state index contributed by atoms with van der Waals surface area (Å²) in [7, 11) is 0. The van der Waals surface area contributed by atoms with Crippen LogP contribution in [0.5, 0.6) is 0 Å². The van der Waals surface area contributed by atoms with Crippen LogP contribution < -0.4 is 10.6 Å². The topological polar surface area (TPSA) is 88.9 Å². The van der Waals surface area contributed by atoms with Crippen LogP contribution >= 0.6 is 57.6 Å². The van der Waals surface area contributed by atoms with Crippen molar-refractivity contribution in [2.45, 2.75) is 38.5 Å². The first-order chi connectivity index (χ1) is 15.7. The molecule has 0 saturated carbocycles. The fourth-order valence-corrected chi connectivity index (χ4v) is 4.84. The van der Waals surface area contributed by atoms with Crippen LogP contribution in [-0.4, -0.2) is 32.3 Å². The minimum Gasteiger partial charge on any atom is -0.342 e. The predicted octanol–water partition coefficient (Wildman–Crippen LogP) is 5.74. The third kappa shape index (κ3) is 6.62. The number of aromatic nitrogens is 3. The summed E-state index contributed by atoms with van der Waals surface area (Å²) in [6, 6.07) is 10.2. The van der Waals surface area contributed by atoms with E-state index in [4.69, 9.17) is 23.2 Å². The molecule has 2 amide bonds. The highest BCUT2D eigenvalue weighted by Gasteiger charge is 2.20. The Morgan fingerprint density at radius 1 is 1.15 bits per heavy atom. The Hall–Kier alpha value is -1.82. The number of carbonyl (C=O) groups excluding carboxylic acids is 2. The van der Waals surface area contributed by atoms with Crippen molar-refractivity contribution in [1.82, 2.24) is 20.1 Å². The lowest BCUT2D eigenvalue weighted by atomic mass is 10.2. The van der Waals surface area contributed by atoms with Crippen molar-refractivity contribution in [3.8, 4) is 0 Å². The van der Waals surface area contributed by atoms with Gasteiger partial charge in [0.05, 0.1) is 21.8 Å². The van der Waals surface area contributed by atoms with Gasteiger partial charge in [-0.2, -0.15) is 0 Å². The first-order valence-corrected chi connectivity index (χ1v) is 12.9. The minimum atomic E-state index is -0.406. The second kappa shape index (κ2) is 11.5. The lowest BCUT2D eigenvalue weighted by molar-refractivity contribution is -0.113. The molecule has 7 nitrogen and oxygen atoms in total. The summed E-state index contributed by atoms with van der Waals surface area (Å²) < 4.78 is 3.00. The van der Waals surface area contributed by atoms with E-state index < -0.39 is 6.04 Å². The van der Waals surface area contributed by atoms with Crippen molar-refractivity contribution < 1.29 is 9.59 Å². The first-order valence-electron chi connectivity index (χ1n) is 10.1. The number of aryl methyl sites for hydroxylation is 1. The van der Waals surface area contributed by atoms with Crippen LogP contribution in [0.25, 0.3) is 0 Å². The number of benzene rings is 2. The lowest BCUT2D eigenvalue weighted by Gasteiger charge is -2.15. The number of amides is 2. The van der Waals surface area contributed by atoms with E-state index in [1.165, 1.54) is 17.8 Å². The maximum absolute atomic E-state index is 12.6. The van der Waals surface area contributed by atoms with E-state index in [2.05, 4.69) is 43.4 Å². The van der Waals surface area contributed by atoms with Gasteiger partial charge in [-0.1, -0.05) is 35.0 Å². The molecule has 3 aromatic rings. The molecule has 0 aliphatic carbocycles. The number of rotatable bonds is 8. The highest BCUT2D eigenvalue weighted by atomic mass is 127. The summed E-state index contributed by atoms with van der Waals surface area (Å²) in [5.74, 6) is 0.362. The van der Waals surface area contributed by atoms with E-state index >= 15 is 0 Å². The normalized spacial score (nSPS) is 11.8. The van der Waals surface area contributed by atoms with Crippen LogP contribution in [0.15, 0.2) is 41.6 Å². The Balaban J connectivity index is 1.64. The quantitative estimate of drug-likeness (QED) is 0.249. The van der Waals surface area contributed by atoms with Gasteiger partial charge in [0.25, 0.3) is 5.91 Å². The Morgan fingerprint density at radius 2 is 1.91 bits per heavy atom. The molecule has 0 bridgehead atoms. The van der Waals surface area contributed by atoms with Crippen molar-refractivity contribution >= 4 is 75.1 Å². The molecule has 1 aromatic heterocycles. The van der Waals surface area contributed by atoms with Crippen LogP contribution in [0, 0.1) is 10.5 Å². The maximum Gasteiger partial charge on any atom is 0.251 e. The van der Waals surface area contributed by atoms with E-state index in [1.54, 1.807) is 12.1 Å². The fraction of sp³-hybridized carbons (Fsp3) is 0.273.